The molecular weight excluding hydrogens is 372 g/mol. The molecule has 9 nitrogen and oxygen atoms in total. The Balaban J connectivity index is 1.45. The lowest BCUT2D eigenvalue weighted by molar-refractivity contribution is -0.123. The summed E-state index contributed by atoms with van der Waals surface area (Å²) in [5.41, 5.74) is 0. The van der Waals surface area contributed by atoms with Crippen molar-refractivity contribution in [2.45, 2.75) is 13.8 Å². The summed E-state index contributed by atoms with van der Waals surface area (Å²) < 4.78 is 12.5. The average molecular weight is 396 g/mol. The largest absolute Gasteiger partial charge is 0.497 e. The number of imidazole rings is 1. The normalized spacial score (nSPS) is 10.4. The number of aryl methyl sites for hydroxylation is 2. The number of nitrogens with zero attached hydrogens (tertiary/aromatic N) is 4. The van der Waals surface area contributed by atoms with Gasteiger partial charge in [0.2, 0.25) is 0 Å². The van der Waals surface area contributed by atoms with E-state index in [0.717, 1.165) is 11.6 Å². The number of anilines is 1. The van der Waals surface area contributed by atoms with Crippen LogP contribution in [0.15, 0.2) is 42.7 Å². The molecule has 29 heavy (non-hydrogen) atoms. The number of amides is 1. The van der Waals surface area contributed by atoms with Crippen LogP contribution in [0.2, 0.25) is 0 Å². The van der Waals surface area contributed by atoms with Gasteiger partial charge in [0.15, 0.2) is 6.61 Å². The molecule has 0 saturated heterocycles. The van der Waals surface area contributed by atoms with E-state index in [2.05, 4.69) is 25.6 Å². The molecule has 0 aliphatic rings. The number of nitrogens with one attached hydrogen (secondary N) is 2. The Labute approximate surface area is 169 Å². The first-order valence-electron chi connectivity index (χ1n) is 9.18. The number of rotatable bonds is 9. The molecule has 3 rings (SSSR count). The van der Waals surface area contributed by atoms with Gasteiger partial charge >= 0.3 is 0 Å². The smallest absolute Gasteiger partial charge is 0.258 e. The van der Waals surface area contributed by atoms with Gasteiger partial charge in [-0.15, -0.1) is 0 Å². The highest BCUT2D eigenvalue weighted by Gasteiger charge is 2.07. The summed E-state index contributed by atoms with van der Waals surface area (Å²) >= 11 is 0. The first-order valence-corrected chi connectivity index (χ1v) is 9.18. The Morgan fingerprint density at radius 3 is 2.72 bits per heavy atom. The quantitative estimate of drug-likeness (QED) is 0.533. The van der Waals surface area contributed by atoms with E-state index in [4.69, 9.17) is 9.47 Å². The molecule has 0 fully saturated rings. The van der Waals surface area contributed by atoms with Gasteiger partial charge in [0.05, 0.1) is 7.11 Å². The van der Waals surface area contributed by atoms with Gasteiger partial charge in [0.1, 0.15) is 34.8 Å². The highest BCUT2D eigenvalue weighted by molar-refractivity contribution is 5.77. The van der Waals surface area contributed by atoms with Crippen molar-refractivity contribution < 1.29 is 14.3 Å². The monoisotopic (exact) mass is 396 g/mol. The third-order valence-electron chi connectivity index (χ3n) is 4.06. The van der Waals surface area contributed by atoms with Gasteiger partial charge in [-0.2, -0.15) is 0 Å². The molecule has 0 unspecified atom stereocenters. The molecule has 3 aromatic rings. The molecule has 0 bridgehead atoms. The van der Waals surface area contributed by atoms with Gasteiger partial charge in [-0.05, 0) is 26.0 Å². The van der Waals surface area contributed by atoms with Gasteiger partial charge in [0, 0.05) is 37.6 Å². The second-order valence-electron chi connectivity index (χ2n) is 6.25. The fraction of sp³-hybridized carbons (Fsp3) is 0.300. The number of carbonyl (C=O) groups excluding carboxylic acids is 1. The topological polar surface area (TPSA) is 103 Å². The maximum atomic E-state index is 12.0. The van der Waals surface area contributed by atoms with Crippen LogP contribution in [-0.2, 0) is 4.79 Å². The van der Waals surface area contributed by atoms with Crippen LogP contribution in [0.1, 0.15) is 11.6 Å². The molecule has 0 aliphatic heterocycles. The summed E-state index contributed by atoms with van der Waals surface area (Å²) in [4.78, 5) is 25.0. The second-order valence-corrected chi connectivity index (χ2v) is 6.25. The summed E-state index contributed by atoms with van der Waals surface area (Å²) in [6, 6.07) is 8.96. The highest BCUT2D eigenvalue weighted by Crippen LogP contribution is 2.18. The number of ether oxygens (including phenoxy) is 2. The van der Waals surface area contributed by atoms with Gasteiger partial charge < -0.3 is 20.1 Å². The number of hydrogen-bond acceptors (Lipinski definition) is 7. The fourth-order valence-corrected chi connectivity index (χ4v) is 2.67. The van der Waals surface area contributed by atoms with E-state index in [1.54, 1.807) is 31.5 Å². The van der Waals surface area contributed by atoms with Crippen molar-refractivity contribution in [1.82, 2.24) is 24.8 Å². The van der Waals surface area contributed by atoms with Crippen LogP contribution in [0.3, 0.4) is 0 Å². The number of methoxy groups -OCH3 is 1. The molecule has 2 heterocycles. The molecule has 1 amide bonds. The molecular formula is C20H24N6O3. The molecule has 9 heteroatoms. The third kappa shape index (κ3) is 5.68. The van der Waals surface area contributed by atoms with E-state index in [0.29, 0.717) is 36.2 Å². The van der Waals surface area contributed by atoms with Crippen molar-refractivity contribution >= 4 is 11.7 Å². The van der Waals surface area contributed by atoms with Gasteiger partial charge in [-0.25, -0.2) is 15.0 Å². The lowest BCUT2D eigenvalue weighted by Crippen LogP contribution is -2.32. The van der Waals surface area contributed by atoms with Crippen LogP contribution in [0.25, 0.3) is 5.82 Å². The molecule has 2 aromatic heterocycles. The van der Waals surface area contributed by atoms with Crippen LogP contribution in [-0.4, -0.2) is 52.2 Å². The maximum absolute atomic E-state index is 12.0. The highest BCUT2D eigenvalue weighted by atomic mass is 16.5. The van der Waals surface area contributed by atoms with E-state index >= 15 is 0 Å². The van der Waals surface area contributed by atoms with Crippen molar-refractivity contribution in [1.29, 1.82) is 0 Å². The molecule has 0 spiro atoms. The summed E-state index contributed by atoms with van der Waals surface area (Å²) in [5, 5.41) is 6.00. The molecule has 1 aromatic carbocycles. The predicted octanol–water partition coefficient (Wildman–Crippen LogP) is 1.89. The summed E-state index contributed by atoms with van der Waals surface area (Å²) in [5.74, 6) is 3.97. The van der Waals surface area contributed by atoms with Crippen molar-refractivity contribution in [2.24, 2.45) is 0 Å². The molecule has 2 N–H and O–H groups in total. The molecule has 0 saturated carbocycles. The zero-order chi connectivity index (χ0) is 20.6. The lowest BCUT2D eigenvalue weighted by Gasteiger charge is -2.11. The zero-order valence-electron chi connectivity index (χ0n) is 16.7. The first-order chi connectivity index (χ1) is 14.0. The van der Waals surface area contributed by atoms with Crippen LogP contribution in [0, 0.1) is 13.8 Å². The van der Waals surface area contributed by atoms with Gasteiger partial charge in [-0.1, -0.05) is 6.07 Å². The van der Waals surface area contributed by atoms with Crippen molar-refractivity contribution in [3.63, 3.8) is 0 Å². The summed E-state index contributed by atoms with van der Waals surface area (Å²) in [7, 11) is 1.58. The van der Waals surface area contributed by atoms with Gasteiger partial charge in [0.25, 0.3) is 5.91 Å². The van der Waals surface area contributed by atoms with E-state index in [9.17, 15) is 4.79 Å². The van der Waals surface area contributed by atoms with Crippen molar-refractivity contribution in [2.75, 3.05) is 32.1 Å². The minimum absolute atomic E-state index is 0.0656. The number of aromatic nitrogens is 4. The zero-order valence-corrected chi connectivity index (χ0v) is 16.7. The molecule has 152 valence electrons. The van der Waals surface area contributed by atoms with Crippen molar-refractivity contribution in [3.8, 4) is 17.3 Å². The minimum Gasteiger partial charge on any atom is -0.497 e. The molecule has 0 radical (unpaired) electrons. The van der Waals surface area contributed by atoms with Gasteiger partial charge in [-0.3, -0.25) is 9.36 Å². The number of carbonyl (C=O) groups is 1. The van der Waals surface area contributed by atoms with E-state index in [1.807, 2.05) is 36.7 Å². The standard InChI is InChI=1S/C20H24N6O3/c1-14-24-18(12-19(25-14)26-10-9-21-15(26)2)22-7-8-23-20(27)13-29-17-6-4-5-16(11-17)28-3/h4-6,9-12H,7-8,13H2,1-3H3,(H,23,27)(H,22,24,25). The predicted molar refractivity (Wildman–Crippen MR) is 109 cm³/mol. The van der Waals surface area contributed by atoms with Crippen LogP contribution >= 0.6 is 0 Å². The van der Waals surface area contributed by atoms with Crippen LogP contribution in [0.4, 0.5) is 5.82 Å². The Kier molecular flexibility index (Phi) is 6.62. The van der Waals surface area contributed by atoms with Crippen LogP contribution in [0.5, 0.6) is 11.5 Å². The van der Waals surface area contributed by atoms with Crippen LogP contribution < -0.4 is 20.1 Å². The minimum atomic E-state index is -0.205. The Hall–Kier alpha value is -3.62. The average Bonchev–Trinajstić information content (AvgIpc) is 3.15. The molecule has 0 aliphatic carbocycles. The molecule has 0 atom stereocenters. The Morgan fingerprint density at radius 2 is 1.97 bits per heavy atom. The second kappa shape index (κ2) is 9.54. The van der Waals surface area contributed by atoms with E-state index < -0.39 is 0 Å². The SMILES string of the molecule is COc1cccc(OCC(=O)NCCNc2cc(-n3ccnc3C)nc(C)n2)c1. The Bertz CT molecular complexity index is 972. The van der Waals surface area contributed by atoms with Crippen molar-refractivity contribution in [3.05, 3.63) is 54.4 Å². The first kappa shape index (κ1) is 20.1. The third-order valence-corrected chi connectivity index (χ3v) is 4.06. The Morgan fingerprint density at radius 1 is 1.14 bits per heavy atom. The van der Waals surface area contributed by atoms with E-state index in [-0.39, 0.29) is 12.5 Å². The van der Waals surface area contributed by atoms with E-state index in [1.165, 1.54) is 0 Å². The lowest BCUT2D eigenvalue weighted by atomic mass is 10.3. The maximum Gasteiger partial charge on any atom is 0.258 e. The number of hydrogen-bond donors (Lipinski definition) is 2. The summed E-state index contributed by atoms with van der Waals surface area (Å²) in [6.07, 6.45) is 3.58. The fourth-order valence-electron chi connectivity index (χ4n) is 2.67. The number of benzene rings is 1. The summed E-state index contributed by atoms with van der Waals surface area (Å²) in [6.45, 7) is 4.63.